The zero-order valence-corrected chi connectivity index (χ0v) is 16.0. The summed E-state index contributed by atoms with van der Waals surface area (Å²) in [5.41, 5.74) is 1.72. The average molecular weight is 357 g/mol. The molecule has 0 aliphatic carbocycles. The van der Waals surface area contributed by atoms with Crippen LogP contribution in [-0.2, 0) is 13.0 Å². The van der Waals surface area contributed by atoms with E-state index >= 15 is 0 Å². The van der Waals surface area contributed by atoms with Crippen LogP contribution in [0.1, 0.15) is 48.1 Å². The molecule has 26 heavy (non-hydrogen) atoms. The summed E-state index contributed by atoms with van der Waals surface area (Å²) >= 11 is 0. The summed E-state index contributed by atoms with van der Waals surface area (Å²) in [5.74, 6) is 2.96. The van der Waals surface area contributed by atoms with Crippen LogP contribution < -0.4 is 9.47 Å². The second-order valence-electron chi connectivity index (χ2n) is 6.52. The minimum Gasteiger partial charge on any atom is -0.497 e. The predicted octanol–water partition coefficient (Wildman–Crippen LogP) is 3.11. The lowest BCUT2D eigenvalue weighted by atomic mass is 9.91. The molecule has 0 saturated carbocycles. The minimum atomic E-state index is 0.00970. The van der Waals surface area contributed by atoms with Gasteiger partial charge in [0.2, 0.25) is 0 Å². The summed E-state index contributed by atoms with van der Waals surface area (Å²) in [6.45, 7) is 6.18. The van der Waals surface area contributed by atoms with Gasteiger partial charge in [-0.3, -0.25) is 4.79 Å². The number of carbonyl (C=O) groups excluding carboxylic acids is 1. The van der Waals surface area contributed by atoms with Crippen molar-refractivity contribution in [1.82, 2.24) is 14.5 Å². The Labute approximate surface area is 154 Å². The molecule has 0 spiro atoms. The number of aryl methyl sites for hydroxylation is 1. The van der Waals surface area contributed by atoms with Crippen molar-refractivity contribution in [3.63, 3.8) is 0 Å². The second-order valence-corrected chi connectivity index (χ2v) is 6.52. The number of hydrogen-bond donors (Lipinski definition) is 0. The Morgan fingerprint density at radius 1 is 1.27 bits per heavy atom. The fourth-order valence-corrected chi connectivity index (χ4v) is 3.63. The van der Waals surface area contributed by atoms with Crippen LogP contribution in [0.4, 0.5) is 0 Å². The fourth-order valence-electron chi connectivity index (χ4n) is 3.63. The molecule has 6 nitrogen and oxygen atoms in total. The quantitative estimate of drug-likeness (QED) is 0.797. The molecule has 2 aromatic rings. The number of fused-ring (bicyclic) bond motifs is 1. The normalized spacial score (nSPS) is 16.1. The minimum absolute atomic E-state index is 0.00970. The first-order valence-electron chi connectivity index (χ1n) is 9.18. The van der Waals surface area contributed by atoms with Gasteiger partial charge in [0.15, 0.2) is 0 Å². The summed E-state index contributed by atoms with van der Waals surface area (Å²) in [6, 6.07) is 5.97. The van der Waals surface area contributed by atoms with E-state index in [1.54, 1.807) is 19.1 Å². The molecule has 3 rings (SSSR count). The highest BCUT2D eigenvalue weighted by atomic mass is 16.5. The molecule has 0 radical (unpaired) electrons. The molecule has 0 N–H and O–H groups in total. The number of nitrogens with zero attached hydrogens (tertiary/aromatic N) is 3. The molecule has 1 aliphatic rings. The Hall–Kier alpha value is -2.50. The van der Waals surface area contributed by atoms with E-state index < -0.39 is 0 Å². The number of carbonyl (C=O) groups is 1. The molecule has 140 valence electrons. The second kappa shape index (κ2) is 7.81. The van der Waals surface area contributed by atoms with Crippen molar-refractivity contribution in [2.75, 3.05) is 27.3 Å². The molecule has 1 aromatic heterocycles. The van der Waals surface area contributed by atoms with Crippen molar-refractivity contribution >= 4 is 5.91 Å². The van der Waals surface area contributed by atoms with Gasteiger partial charge in [-0.15, -0.1) is 0 Å². The van der Waals surface area contributed by atoms with Gasteiger partial charge in [0.1, 0.15) is 23.0 Å². The highest BCUT2D eigenvalue weighted by molar-refractivity contribution is 5.92. The summed E-state index contributed by atoms with van der Waals surface area (Å²) in [7, 11) is 3.34. The zero-order valence-electron chi connectivity index (χ0n) is 16.0. The lowest BCUT2D eigenvalue weighted by molar-refractivity contribution is 0.0767. The third-order valence-corrected chi connectivity index (χ3v) is 5.14. The number of benzene rings is 1. The molecule has 0 bridgehead atoms. The van der Waals surface area contributed by atoms with E-state index in [0.717, 1.165) is 36.7 Å². The Balaban J connectivity index is 1.83. The molecule has 1 aliphatic heterocycles. The van der Waals surface area contributed by atoms with E-state index in [4.69, 9.17) is 9.47 Å². The highest BCUT2D eigenvalue weighted by Gasteiger charge is 2.26. The SMILES string of the molecule is CCN(CC)C(=O)c1cn2c(n1)CCC(c1ccc(OC)cc1OC)C2. The molecule has 0 saturated heterocycles. The number of imidazole rings is 1. The molecular formula is C20H27N3O3. The van der Waals surface area contributed by atoms with Gasteiger partial charge >= 0.3 is 0 Å². The summed E-state index contributed by atoms with van der Waals surface area (Å²) in [4.78, 5) is 19.0. The molecule has 1 unspecified atom stereocenters. The fraction of sp³-hybridized carbons (Fsp3) is 0.500. The standard InChI is InChI=1S/C20H27N3O3/c1-5-22(6-2)20(24)17-13-23-12-14(7-10-19(23)21-17)16-9-8-15(25-3)11-18(16)26-4/h8-9,11,13-14H,5-7,10,12H2,1-4H3. The van der Waals surface area contributed by atoms with E-state index in [0.29, 0.717) is 24.7 Å². The van der Waals surface area contributed by atoms with Gasteiger partial charge in [0.05, 0.1) is 14.2 Å². The van der Waals surface area contributed by atoms with Crippen LogP contribution in [0.25, 0.3) is 0 Å². The Kier molecular flexibility index (Phi) is 5.49. The van der Waals surface area contributed by atoms with E-state index in [2.05, 4.69) is 15.6 Å². The summed E-state index contributed by atoms with van der Waals surface area (Å²) in [5, 5.41) is 0. The smallest absolute Gasteiger partial charge is 0.274 e. The van der Waals surface area contributed by atoms with Gasteiger partial charge in [-0.1, -0.05) is 6.07 Å². The van der Waals surface area contributed by atoms with Gasteiger partial charge in [-0.05, 0) is 31.9 Å². The molecule has 1 atom stereocenters. The lowest BCUT2D eigenvalue weighted by Gasteiger charge is -2.25. The van der Waals surface area contributed by atoms with Crippen molar-refractivity contribution < 1.29 is 14.3 Å². The van der Waals surface area contributed by atoms with Crippen LogP contribution in [0.3, 0.4) is 0 Å². The van der Waals surface area contributed by atoms with Gasteiger partial charge in [0, 0.05) is 44.2 Å². The maximum absolute atomic E-state index is 12.6. The average Bonchev–Trinajstić information content (AvgIpc) is 3.11. The first kappa shape index (κ1) is 18.3. The number of amides is 1. The first-order chi connectivity index (χ1) is 12.6. The van der Waals surface area contributed by atoms with Crippen molar-refractivity contribution in [3.8, 4) is 11.5 Å². The molecule has 1 amide bonds. The molecule has 1 aromatic carbocycles. The lowest BCUT2D eigenvalue weighted by Crippen LogP contribution is -2.30. The van der Waals surface area contributed by atoms with Crippen LogP contribution in [0, 0.1) is 0 Å². The first-order valence-corrected chi connectivity index (χ1v) is 9.18. The molecule has 6 heteroatoms. The number of methoxy groups -OCH3 is 2. The van der Waals surface area contributed by atoms with Gasteiger partial charge in [-0.2, -0.15) is 0 Å². The zero-order chi connectivity index (χ0) is 18.7. The van der Waals surface area contributed by atoms with Gasteiger partial charge in [-0.25, -0.2) is 4.98 Å². The van der Waals surface area contributed by atoms with E-state index in [1.165, 1.54) is 5.56 Å². The predicted molar refractivity (Wildman–Crippen MR) is 100 cm³/mol. The number of aromatic nitrogens is 2. The third-order valence-electron chi connectivity index (χ3n) is 5.14. The highest BCUT2D eigenvalue weighted by Crippen LogP contribution is 2.36. The monoisotopic (exact) mass is 357 g/mol. The van der Waals surface area contributed by atoms with Crippen LogP contribution in [0.2, 0.25) is 0 Å². The van der Waals surface area contributed by atoms with Gasteiger partial charge < -0.3 is 18.9 Å². The van der Waals surface area contributed by atoms with Crippen LogP contribution in [0.5, 0.6) is 11.5 Å². The summed E-state index contributed by atoms with van der Waals surface area (Å²) in [6.07, 6.45) is 3.74. The largest absolute Gasteiger partial charge is 0.497 e. The van der Waals surface area contributed by atoms with E-state index in [1.807, 2.05) is 32.2 Å². The Morgan fingerprint density at radius 3 is 2.69 bits per heavy atom. The van der Waals surface area contributed by atoms with Crippen molar-refractivity contribution in [2.45, 2.75) is 39.2 Å². The molecular weight excluding hydrogens is 330 g/mol. The summed E-state index contributed by atoms with van der Waals surface area (Å²) < 4.78 is 13.0. The molecule has 2 heterocycles. The Morgan fingerprint density at radius 2 is 2.04 bits per heavy atom. The van der Waals surface area contributed by atoms with E-state index in [-0.39, 0.29) is 5.91 Å². The van der Waals surface area contributed by atoms with Crippen LogP contribution in [-0.4, -0.2) is 47.7 Å². The number of rotatable bonds is 6. The van der Waals surface area contributed by atoms with Gasteiger partial charge in [0.25, 0.3) is 5.91 Å². The maximum atomic E-state index is 12.6. The van der Waals surface area contributed by atoms with Crippen molar-refractivity contribution in [2.24, 2.45) is 0 Å². The number of hydrogen-bond acceptors (Lipinski definition) is 4. The maximum Gasteiger partial charge on any atom is 0.274 e. The van der Waals surface area contributed by atoms with Crippen LogP contribution >= 0.6 is 0 Å². The van der Waals surface area contributed by atoms with Crippen molar-refractivity contribution in [3.05, 3.63) is 41.5 Å². The molecule has 0 fully saturated rings. The topological polar surface area (TPSA) is 56.6 Å². The van der Waals surface area contributed by atoms with Crippen LogP contribution in [0.15, 0.2) is 24.4 Å². The number of ether oxygens (including phenoxy) is 2. The van der Waals surface area contributed by atoms with Crippen molar-refractivity contribution in [1.29, 1.82) is 0 Å². The Bertz CT molecular complexity index is 781. The third kappa shape index (κ3) is 3.41. The van der Waals surface area contributed by atoms with E-state index in [9.17, 15) is 4.79 Å².